The number of phenols is 1. The van der Waals surface area contributed by atoms with Gasteiger partial charge in [0.2, 0.25) is 0 Å². The Bertz CT molecular complexity index is 1270. The number of carbonyl (C=O) groups is 1. The molecule has 0 radical (unpaired) electrons. The molecule has 0 aliphatic heterocycles. The summed E-state index contributed by atoms with van der Waals surface area (Å²) < 4.78 is 64.4. The van der Waals surface area contributed by atoms with Crippen LogP contribution in [0.2, 0.25) is 0 Å². The molecule has 0 spiro atoms. The molecular weight excluding hydrogens is 493 g/mol. The number of carbonyl (C=O) groups excluding carboxylic acids is 1. The van der Waals surface area contributed by atoms with E-state index >= 15 is 0 Å². The molecule has 160 valence electrons. The van der Waals surface area contributed by atoms with Crippen LogP contribution in [0.4, 0.5) is 18.9 Å². The highest BCUT2D eigenvalue weighted by molar-refractivity contribution is 9.10. The van der Waals surface area contributed by atoms with Crippen molar-refractivity contribution in [2.75, 3.05) is 11.1 Å². The molecule has 30 heavy (non-hydrogen) atoms. The lowest BCUT2D eigenvalue weighted by atomic mass is 10.2. The van der Waals surface area contributed by atoms with Gasteiger partial charge in [0.25, 0.3) is 5.91 Å². The number of anilines is 1. The summed E-state index contributed by atoms with van der Waals surface area (Å²) in [5.74, 6) is -1.60. The monoisotopic (exact) mass is 506 g/mol. The van der Waals surface area contributed by atoms with Crippen LogP contribution in [-0.4, -0.2) is 39.8 Å². The lowest BCUT2D eigenvalue weighted by Gasteiger charge is -2.09. The molecule has 2 N–H and O–H groups in total. The molecule has 0 saturated heterocycles. The van der Waals surface area contributed by atoms with Gasteiger partial charge in [-0.2, -0.15) is 18.3 Å². The van der Waals surface area contributed by atoms with Crippen molar-refractivity contribution in [3.63, 3.8) is 0 Å². The first-order chi connectivity index (χ1) is 13.8. The summed E-state index contributed by atoms with van der Waals surface area (Å²) in [6.45, 7) is 2.80. The molecule has 0 atom stereocenters. The average Bonchev–Trinajstić information content (AvgIpc) is 2.98. The first-order valence-electron chi connectivity index (χ1n) is 8.35. The minimum atomic E-state index is -4.74. The number of alkyl halides is 3. The minimum Gasteiger partial charge on any atom is -0.506 e. The number of aromatic hydroxyl groups is 1. The molecule has 2 aromatic heterocycles. The van der Waals surface area contributed by atoms with E-state index in [-0.39, 0.29) is 32.1 Å². The van der Waals surface area contributed by atoms with Crippen molar-refractivity contribution in [1.82, 2.24) is 14.6 Å². The topological polar surface area (TPSA) is 114 Å². The van der Waals surface area contributed by atoms with Gasteiger partial charge in [0.15, 0.2) is 21.2 Å². The molecule has 8 nitrogen and oxygen atoms in total. The third-order valence-electron chi connectivity index (χ3n) is 4.12. The third-order valence-corrected chi connectivity index (χ3v) is 6.58. The Balaban J connectivity index is 2.07. The number of hydrogen-bond acceptors (Lipinski definition) is 6. The SMILES string of the molecule is CCS(=O)(=O)c1ccc(O)c(NC(=O)c2nn3c(C(F)(F)F)cc(C)nc3c2Br)c1. The molecule has 0 fully saturated rings. The minimum absolute atomic E-state index is 0.0671. The van der Waals surface area contributed by atoms with Crippen molar-refractivity contribution in [2.45, 2.75) is 24.9 Å². The van der Waals surface area contributed by atoms with E-state index in [1.807, 2.05) is 0 Å². The number of aromatic nitrogens is 3. The van der Waals surface area contributed by atoms with E-state index in [4.69, 9.17) is 0 Å². The Morgan fingerprint density at radius 3 is 2.57 bits per heavy atom. The van der Waals surface area contributed by atoms with E-state index in [1.165, 1.54) is 19.9 Å². The number of hydrogen-bond donors (Lipinski definition) is 2. The highest BCUT2D eigenvalue weighted by Crippen LogP contribution is 2.33. The maximum absolute atomic E-state index is 13.3. The zero-order valence-corrected chi connectivity index (χ0v) is 17.9. The second kappa shape index (κ2) is 7.54. The molecule has 13 heteroatoms. The second-order valence-corrected chi connectivity index (χ2v) is 9.29. The van der Waals surface area contributed by atoms with Gasteiger partial charge in [-0.05, 0) is 47.1 Å². The third kappa shape index (κ3) is 3.99. The second-order valence-electron chi connectivity index (χ2n) is 6.22. The van der Waals surface area contributed by atoms with Gasteiger partial charge in [-0.25, -0.2) is 17.9 Å². The lowest BCUT2D eigenvalue weighted by Crippen LogP contribution is -2.16. The molecule has 0 aliphatic carbocycles. The molecule has 0 saturated carbocycles. The smallest absolute Gasteiger partial charge is 0.433 e. The van der Waals surface area contributed by atoms with Gasteiger partial charge >= 0.3 is 6.18 Å². The van der Waals surface area contributed by atoms with Crippen LogP contribution < -0.4 is 5.32 Å². The number of benzene rings is 1. The van der Waals surface area contributed by atoms with Crippen LogP contribution in [0.1, 0.15) is 28.8 Å². The van der Waals surface area contributed by atoms with E-state index in [2.05, 4.69) is 31.3 Å². The van der Waals surface area contributed by atoms with Gasteiger partial charge in [-0.1, -0.05) is 6.92 Å². The van der Waals surface area contributed by atoms with Crippen molar-refractivity contribution >= 4 is 43.0 Å². The van der Waals surface area contributed by atoms with Gasteiger partial charge in [-0.3, -0.25) is 4.79 Å². The molecule has 1 amide bonds. The summed E-state index contributed by atoms with van der Waals surface area (Å²) in [6, 6.07) is 4.11. The van der Waals surface area contributed by atoms with Crippen LogP contribution in [0.3, 0.4) is 0 Å². The first kappa shape index (κ1) is 22.0. The van der Waals surface area contributed by atoms with Crippen molar-refractivity contribution in [2.24, 2.45) is 0 Å². The Hall–Kier alpha value is -2.67. The Kier molecular flexibility index (Phi) is 5.54. The van der Waals surface area contributed by atoms with Crippen LogP contribution >= 0.6 is 15.9 Å². The zero-order valence-electron chi connectivity index (χ0n) is 15.5. The van der Waals surface area contributed by atoms with Crippen LogP contribution in [0.5, 0.6) is 5.75 Å². The first-order valence-corrected chi connectivity index (χ1v) is 10.8. The van der Waals surface area contributed by atoms with Gasteiger partial charge in [0.05, 0.1) is 20.8 Å². The number of sulfone groups is 1. The molecule has 0 bridgehead atoms. The maximum Gasteiger partial charge on any atom is 0.433 e. The van der Waals surface area contributed by atoms with Gasteiger partial charge < -0.3 is 10.4 Å². The molecule has 3 rings (SSSR count). The Labute approximate surface area is 176 Å². The number of rotatable bonds is 4. The highest BCUT2D eigenvalue weighted by atomic mass is 79.9. The molecule has 3 aromatic rings. The van der Waals surface area contributed by atoms with E-state index in [1.54, 1.807) is 0 Å². The number of nitrogens with one attached hydrogen (secondary N) is 1. The van der Waals surface area contributed by atoms with Crippen LogP contribution in [0, 0.1) is 6.92 Å². The number of aryl methyl sites for hydroxylation is 1. The predicted octanol–water partition coefficient (Wildman–Crippen LogP) is 3.57. The fourth-order valence-electron chi connectivity index (χ4n) is 2.62. The number of halogens is 4. The number of fused-ring (bicyclic) bond motifs is 1. The Morgan fingerprint density at radius 1 is 1.30 bits per heavy atom. The van der Waals surface area contributed by atoms with Crippen molar-refractivity contribution in [3.05, 3.63) is 45.8 Å². The van der Waals surface area contributed by atoms with Crippen molar-refractivity contribution in [1.29, 1.82) is 0 Å². The van der Waals surface area contributed by atoms with Gasteiger partial charge in [0.1, 0.15) is 11.4 Å². The summed E-state index contributed by atoms with van der Waals surface area (Å²) in [7, 11) is -3.62. The standard InChI is InChI=1S/C17H14BrF3N4O4S/c1-3-30(28,29)9-4-5-11(26)10(7-9)23-16(27)14-13(18)15-22-8(2)6-12(17(19,20)21)25(15)24-14/h4-7,26H,3H2,1-2H3,(H,23,27). The number of nitrogens with zero attached hydrogens (tertiary/aromatic N) is 3. The fraction of sp³-hybridized carbons (Fsp3) is 0.235. The average molecular weight is 507 g/mol. The van der Waals surface area contributed by atoms with Crippen LogP contribution in [0.15, 0.2) is 33.6 Å². The molecular formula is C17H14BrF3N4O4S. The molecule has 1 aromatic carbocycles. The largest absolute Gasteiger partial charge is 0.506 e. The quantitative estimate of drug-likeness (QED) is 0.523. The Morgan fingerprint density at radius 2 is 1.97 bits per heavy atom. The summed E-state index contributed by atoms with van der Waals surface area (Å²) in [5, 5.41) is 15.9. The van der Waals surface area contributed by atoms with E-state index in [0.717, 1.165) is 18.2 Å². The summed E-state index contributed by atoms with van der Waals surface area (Å²) in [6.07, 6.45) is -4.74. The van der Waals surface area contributed by atoms with Gasteiger partial charge in [0, 0.05) is 5.69 Å². The van der Waals surface area contributed by atoms with E-state index < -0.39 is 39.1 Å². The lowest BCUT2D eigenvalue weighted by molar-refractivity contribution is -0.142. The fourth-order valence-corrected chi connectivity index (χ4v) is 4.04. The number of phenolic OH excluding ortho intramolecular Hbond substituents is 1. The van der Waals surface area contributed by atoms with Crippen LogP contribution in [0.25, 0.3) is 5.65 Å². The van der Waals surface area contributed by atoms with Crippen molar-refractivity contribution in [3.8, 4) is 5.75 Å². The number of amides is 1. The normalized spacial score (nSPS) is 12.3. The summed E-state index contributed by atoms with van der Waals surface area (Å²) >= 11 is 3.04. The highest BCUT2D eigenvalue weighted by Gasteiger charge is 2.36. The predicted molar refractivity (Wildman–Crippen MR) is 104 cm³/mol. The van der Waals surface area contributed by atoms with Crippen LogP contribution in [-0.2, 0) is 16.0 Å². The maximum atomic E-state index is 13.3. The van der Waals surface area contributed by atoms with E-state index in [9.17, 15) is 31.5 Å². The molecule has 0 unspecified atom stereocenters. The summed E-state index contributed by atoms with van der Waals surface area (Å²) in [4.78, 5) is 16.5. The molecule has 2 heterocycles. The molecule has 0 aliphatic rings. The van der Waals surface area contributed by atoms with Gasteiger partial charge in [-0.15, -0.1) is 0 Å². The van der Waals surface area contributed by atoms with E-state index in [0.29, 0.717) is 4.52 Å². The zero-order chi connectivity index (χ0) is 22.4. The summed E-state index contributed by atoms with van der Waals surface area (Å²) in [5.41, 5.74) is -1.94. The van der Waals surface area contributed by atoms with Crippen molar-refractivity contribution < 1.29 is 31.5 Å².